The molecule has 5 nitrogen and oxygen atoms in total. The quantitative estimate of drug-likeness (QED) is 0.796. The van der Waals surface area contributed by atoms with Crippen molar-refractivity contribution in [3.8, 4) is 0 Å². The third-order valence-corrected chi connectivity index (χ3v) is 5.26. The highest BCUT2D eigenvalue weighted by molar-refractivity contribution is 5.73. The van der Waals surface area contributed by atoms with E-state index in [-0.39, 0.29) is 24.1 Å². The number of aliphatic hydroxyl groups excluding tert-OH is 1. The molecular formula is C20H33N3O2. The topological polar surface area (TPSA) is 55.8 Å². The molecule has 0 bridgehead atoms. The summed E-state index contributed by atoms with van der Waals surface area (Å²) in [6, 6.07) is 10.5. The first-order chi connectivity index (χ1) is 12.0. The van der Waals surface area contributed by atoms with E-state index in [9.17, 15) is 9.90 Å². The number of amides is 2. The molecule has 3 unspecified atom stereocenters. The molecule has 1 aliphatic carbocycles. The Kier molecular flexibility index (Phi) is 7.72. The first kappa shape index (κ1) is 19.7. The second-order valence-electron chi connectivity index (χ2n) is 7.49. The van der Waals surface area contributed by atoms with Gasteiger partial charge in [-0.3, -0.25) is 0 Å². The first-order valence-corrected chi connectivity index (χ1v) is 9.34. The minimum atomic E-state index is -0.267. The van der Waals surface area contributed by atoms with Crippen molar-refractivity contribution in [2.75, 3.05) is 34.2 Å². The zero-order chi connectivity index (χ0) is 18.2. The number of carbonyl (C=O) groups excluding carboxylic acids is 1. The second-order valence-corrected chi connectivity index (χ2v) is 7.49. The highest BCUT2D eigenvalue weighted by Crippen LogP contribution is 2.24. The summed E-state index contributed by atoms with van der Waals surface area (Å²) in [5.74, 6) is 0.207. The molecule has 0 aliphatic heterocycles. The zero-order valence-corrected chi connectivity index (χ0v) is 15.8. The number of aliphatic hydroxyl groups is 1. The lowest BCUT2D eigenvalue weighted by molar-refractivity contribution is 0.0564. The van der Waals surface area contributed by atoms with Gasteiger partial charge in [-0.2, -0.15) is 0 Å². The van der Waals surface area contributed by atoms with Gasteiger partial charge >= 0.3 is 6.03 Å². The third-order valence-electron chi connectivity index (χ3n) is 5.26. The van der Waals surface area contributed by atoms with Crippen LogP contribution < -0.4 is 5.32 Å². The van der Waals surface area contributed by atoms with Crippen LogP contribution in [0.1, 0.15) is 31.2 Å². The highest BCUT2D eigenvalue weighted by Gasteiger charge is 2.25. The SMILES string of the molecule is CN(CC1CCCCC1O)C(=O)NCC(Cc1ccccc1)N(C)C. The van der Waals surface area contributed by atoms with Gasteiger partial charge in [-0.1, -0.05) is 43.2 Å². The van der Waals surface area contributed by atoms with Gasteiger partial charge in [0.2, 0.25) is 0 Å². The van der Waals surface area contributed by atoms with Crippen molar-refractivity contribution in [2.45, 2.75) is 44.2 Å². The summed E-state index contributed by atoms with van der Waals surface area (Å²) in [7, 11) is 5.91. The molecule has 0 radical (unpaired) electrons. The van der Waals surface area contributed by atoms with Crippen molar-refractivity contribution in [3.63, 3.8) is 0 Å². The Labute approximate surface area is 152 Å². The fourth-order valence-corrected chi connectivity index (χ4v) is 3.50. The Balaban J connectivity index is 1.81. The molecule has 25 heavy (non-hydrogen) atoms. The predicted molar refractivity (Wildman–Crippen MR) is 102 cm³/mol. The Morgan fingerprint density at radius 2 is 1.88 bits per heavy atom. The lowest BCUT2D eigenvalue weighted by atomic mass is 9.86. The fraction of sp³-hybridized carbons (Fsp3) is 0.650. The van der Waals surface area contributed by atoms with Crippen LogP contribution in [-0.2, 0) is 6.42 Å². The number of carbonyl (C=O) groups is 1. The van der Waals surface area contributed by atoms with Crippen LogP contribution in [0.15, 0.2) is 30.3 Å². The summed E-state index contributed by atoms with van der Waals surface area (Å²) in [5.41, 5.74) is 1.27. The maximum atomic E-state index is 12.4. The van der Waals surface area contributed by atoms with Crippen LogP contribution in [0.5, 0.6) is 0 Å². The molecule has 1 saturated carbocycles. The predicted octanol–water partition coefficient (Wildman–Crippen LogP) is 2.35. The minimum Gasteiger partial charge on any atom is -0.393 e. The Morgan fingerprint density at radius 3 is 2.52 bits per heavy atom. The summed E-state index contributed by atoms with van der Waals surface area (Å²) in [4.78, 5) is 16.3. The smallest absolute Gasteiger partial charge is 0.317 e. The van der Waals surface area contributed by atoms with Crippen LogP contribution in [0.3, 0.4) is 0 Å². The van der Waals surface area contributed by atoms with Gasteiger partial charge in [-0.25, -0.2) is 4.79 Å². The van der Waals surface area contributed by atoms with E-state index in [1.54, 1.807) is 4.90 Å². The Bertz CT molecular complexity index is 521. The molecule has 2 amide bonds. The van der Waals surface area contributed by atoms with Crippen molar-refractivity contribution in [2.24, 2.45) is 5.92 Å². The zero-order valence-electron chi connectivity index (χ0n) is 15.8. The van der Waals surface area contributed by atoms with Crippen LogP contribution in [0.4, 0.5) is 4.79 Å². The van der Waals surface area contributed by atoms with Crippen LogP contribution in [0.25, 0.3) is 0 Å². The molecule has 2 rings (SSSR count). The molecule has 0 saturated heterocycles. The summed E-state index contributed by atoms with van der Waals surface area (Å²) >= 11 is 0. The molecule has 1 aromatic carbocycles. The second kappa shape index (κ2) is 9.78. The van der Waals surface area contributed by atoms with Crippen molar-refractivity contribution >= 4 is 6.03 Å². The van der Waals surface area contributed by atoms with Gasteiger partial charge in [0.15, 0.2) is 0 Å². The van der Waals surface area contributed by atoms with Crippen molar-refractivity contribution in [3.05, 3.63) is 35.9 Å². The van der Waals surface area contributed by atoms with Gasteiger partial charge in [-0.05, 0) is 38.9 Å². The fourth-order valence-electron chi connectivity index (χ4n) is 3.50. The molecule has 1 aromatic rings. The lowest BCUT2D eigenvalue weighted by Crippen LogP contribution is -2.47. The van der Waals surface area contributed by atoms with Crippen LogP contribution in [0.2, 0.25) is 0 Å². The Morgan fingerprint density at radius 1 is 1.20 bits per heavy atom. The lowest BCUT2D eigenvalue weighted by Gasteiger charge is -2.32. The average Bonchev–Trinajstić information content (AvgIpc) is 2.60. The van der Waals surface area contributed by atoms with Gasteiger partial charge in [0, 0.05) is 32.1 Å². The van der Waals surface area contributed by atoms with Crippen molar-refractivity contribution < 1.29 is 9.90 Å². The number of urea groups is 1. The molecule has 1 fully saturated rings. The first-order valence-electron chi connectivity index (χ1n) is 9.34. The maximum absolute atomic E-state index is 12.4. The normalized spacial score (nSPS) is 21.8. The summed E-state index contributed by atoms with van der Waals surface area (Å²) in [5, 5.41) is 13.1. The van der Waals surface area contributed by atoms with E-state index in [1.807, 2.05) is 39.3 Å². The van der Waals surface area contributed by atoms with E-state index in [2.05, 4.69) is 22.3 Å². The van der Waals surface area contributed by atoms with Gasteiger partial charge in [-0.15, -0.1) is 0 Å². The molecule has 0 spiro atoms. The molecular weight excluding hydrogens is 314 g/mol. The number of nitrogens with one attached hydrogen (secondary N) is 1. The van der Waals surface area contributed by atoms with E-state index < -0.39 is 0 Å². The molecule has 140 valence electrons. The monoisotopic (exact) mass is 347 g/mol. The van der Waals surface area contributed by atoms with Crippen LogP contribution >= 0.6 is 0 Å². The maximum Gasteiger partial charge on any atom is 0.317 e. The Hall–Kier alpha value is -1.59. The average molecular weight is 348 g/mol. The van der Waals surface area contributed by atoms with Crippen LogP contribution in [-0.4, -0.2) is 67.3 Å². The van der Waals surface area contributed by atoms with Crippen LogP contribution in [0, 0.1) is 5.92 Å². The van der Waals surface area contributed by atoms with E-state index in [1.165, 1.54) is 5.56 Å². The number of hydrogen-bond donors (Lipinski definition) is 2. The minimum absolute atomic E-state index is 0.0577. The molecule has 5 heteroatoms. The van der Waals surface area contributed by atoms with Crippen molar-refractivity contribution in [1.29, 1.82) is 0 Å². The van der Waals surface area contributed by atoms with Crippen molar-refractivity contribution in [1.82, 2.24) is 15.1 Å². The van der Waals surface area contributed by atoms with E-state index in [4.69, 9.17) is 0 Å². The van der Waals surface area contributed by atoms with Gasteiger partial charge in [0.05, 0.1) is 6.10 Å². The van der Waals surface area contributed by atoms with E-state index in [0.29, 0.717) is 13.1 Å². The number of rotatable bonds is 7. The molecule has 0 heterocycles. The molecule has 2 N–H and O–H groups in total. The summed E-state index contributed by atoms with van der Waals surface area (Å²) in [6.07, 6.45) is 4.75. The summed E-state index contributed by atoms with van der Waals surface area (Å²) < 4.78 is 0. The number of nitrogens with zero attached hydrogens (tertiary/aromatic N) is 2. The molecule has 0 aromatic heterocycles. The number of benzene rings is 1. The largest absolute Gasteiger partial charge is 0.393 e. The van der Waals surface area contributed by atoms with E-state index in [0.717, 1.165) is 32.1 Å². The standard InChI is InChI=1S/C20H33N3O2/c1-22(2)18(13-16-9-5-4-6-10-16)14-21-20(25)23(3)15-17-11-7-8-12-19(17)24/h4-6,9-10,17-19,24H,7-8,11-15H2,1-3H3,(H,21,25). The van der Waals surface area contributed by atoms with Gasteiger partial charge in [0.1, 0.15) is 0 Å². The highest BCUT2D eigenvalue weighted by atomic mass is 16.3. The summed E-state index contributed by atoms with van der Waals surface area (Å²) in [6.45, 7) is 1.23. The number of likely N-dealkylation sites (N-methyl/N-ethyl adjacent to an activating group) is 1. The number of hydrogen-bond acceptors (Lipinski definition) is 3. The van der Waals surface area contributed by atoms with Gasteiger partial charge < -0.3 is 20.2 Å². The van der Waals surface area contributed by atoms with Gasteiger partial charge in [0.25, 0.3) is 0 Å². The third kappa shape index (κ3) is 6.33. The molecule has 3 atom stereocenters. The van der Waals surface area contributed by atoms with E-state index >= 15 is 0 Å². The molecule has 1 aliphatic rings.